The Balaban J connectivity index is 1.83. The topological polar surface area (TPSA) is 24.5 Å². The molecule has 2 fully saturated rings. The molecular weight excluding hydrogens is 212 g/mol. The fourth-order valence-corrected chi connectivity index (χ4v) is 2.95. The highest BCUT2D eigenvalue weighted by Gasteiger charge is 2.25. The molecule has 0 saturated carbocycles. The van der Waals surface area contributed by atoms with Gasteiger partial charge < -0.3 is 15.0 Å². The van der Waals surface area contributed by atoms with Gasteiger partial charge in [-0.1, -0.05) is 20.3 Å². The van der Waals surface area contributed by atoms with Crippen LogP contribution in [0.4, 0.5) is 0 Å². The average molecular weight is 240 g/mol. The number of nitrogens with zero attached hydrogens (tertiary/aromatic N) is 1. The molecule has 17 heavy (non-hydrogen) atoms. The summed E-state index contributed by atoms with van der Waals surface area (Å²) in [5.41, 5.74) is 0. The molecule has 3 heteroatoms. The normalized spacial score (nSPS) is 33.5. The van der Waals surface area contributed by atoms with E-state index in [1.807, 2.05) is 0 Å². The van der Waals surface area contributed by atoms with Gasteiger partial charge in [0.05, 0.1) is 6.61 Å². The van der Waals surface area contributed by atoms with Crippen molar-refractivity contribution in [2.75, 3.05) is 39.4 Å². The Hall–Kier alpha value is -0.120. The van der Waals surface area contributed by atoms with Gasteiger partial charge in [0.15, 0.2) is 0 Å². The van der Waals surface area contributed by atoms with Crippen molar-refractivity contribution in [3.05, 3.63) is 0 Å². The monoisotopic (exact) mass is 240 g/mol. The number of hydrogen-bond acceptors (Lipinski definition) is 3. The lowest BCUT2D eigenvalue weighted by Crippen LogP contribution is -2.43. The molecule has 2 aliphatic heterocycles. The van der Waals surface area contributed by atoms with E-state index in [2.05, 4.69) is 24.1 Å². The maximum absolute atomic E-state index is 5.48. The maximum Gasteiger partial charge on any atom is 0.0507 e. The van der Waals surface area contributed by atoms with Gasteiger partial charge in [-0.05, 0) is 37.8 Å². The Morgan fingerprint density at radius 2 is 2.35 bits per heavy atom. The summed E-state index contributed by atoms with van der Waals surface area (Å²) in [6.45, 7) is 11.6. The summed E-state index contributed by atoms with van der Waals surface area (Å²) >= 11 is 0. The zero-order valence-electron chi connectivity index (χ0n) is 11.5. The van der Waals surface area contributed by atoms with Gasteiger partial charge in [-0.15, -0.1) is 0 Å². The van der Waals surface area contributed by atoms with Crippen molar-refractivity contribution in [1.29, 1.82) is 0 Å². The molecule has 0 aliphatic carbocycles. The predicted octanol–water partition coefficient (Wildman–Crippen LogP) is 1.73. The quantitative estimate of drug-likeness (QED) is 0.810. The fraction of sp³-hybridized carbons (Fsp3) is 1.00. The van der Waals surface area contributed by atoms with Crippen LogP contribution in [0.15, 0.2) is 0 Å². The van der Waals surface area contributed by atoms with Crippen molar-refractivity contribution < 1.29 is 4.74 Å². The minimum Gasteiger partial charge on any atom is -0.381 e. The maximum atomic E-state index is 5.48. The van der Waals surface area contributed by atoms with E-state index in [4.69, 9.17) is 4.74 Å². The highest BCUT2D eigenvalue weighted by Crippen LogP contribution is 2.17. The number of rotatable bonds is 4. The summed E-state index contributed by atoms with van der Waals surface area (Å²) in [7, 11) is 0. The van der Waals surface area contributed by atoms with Gasteiger partial charge in [0.25, 0.3) is 0 Å². The van der Waals surface area contributed by atoms with E-state index < -0.39 is 0 Å². The second kappa shape index (κ2) is 6.72. The molecule has 0 amide bonds. The first-order valence-electron chi connectivity index (χ1n) is 7.33. The zero-order chi connectivity index (χ0) is 12.1. The second-order valence-corrected chi connectivity index (χ2v) is 5.79. The third-order valence-corrected chi connectivity index (χ3v) is 4.38. The number of hydrogen-bond donors (Lipinski definition) is 1. The largest absolute Gasteiger partial charge is 0.381 e. The number of nitrogens with one attached hydrogen (secondary N) is 1. The van der Waals surface area contributed by atoms with Crippen LogP contribution in [0.25, 0.3) is 0 Å². The van der Waals surface area contributed by atoms with Crippen LogP contribution in [-0.2, 0) is 4.74 Å². The molecule has 2 heterocycles. The fourth-order valence-electron chi connectivity index (χ4n) is 2.95. The van der Waals surface area contributed by atoms with Crippen molar-refractivity contribution in [3.8, 4) is 0 Å². The van der Waals surface area contributed by atoms with E-state index in [-0.39, 0.29) is 0 Å². The molecule has 1 N–H and O–H groups in total. The lowest BCUT2D eigenvalue weighted by atomic mass is 9.98. The molecule has 3 unspecified atom stereocenters. The Morgan fingerprint density at radius 1 is 1.47 bits per heavy atom. The van der Waals surface area contributed by atoms with Crippen molar-refractivity contribution in [3.63, 3.8) is 0 Å². The SMILES string of the molecule is CCC(C)C1CN(CC2CCOC2)CCCN1. The van der Waals surface area contributed by atoms with Crippen molar-refractivity contribution in [1.82, 2.24) is 10.2 Å². The van der Waals surface area contributed by atoms with Crippen molar-refractivity contribution >= 4 is 0 Å². The summed E-state index contributed by atoms with van der Waals surface area (Å²) < 4.78 is 5.48. The van der Waals surface area contributed by atoms with Gasteiger partial charge in [0.2, 0.25) is 0 Å². The minimum absolute atomic E-state index is 0.685. The van der Waals surface area contributed by atoms with Crippen LogP contribution in [0.5, 0.6) is 0 Å². The first-order valence-corrected chi connectivity index (χ1v) is 7.33. The van der Waals surface area contributed by atoms with E-state index in [1.54, 1.807) is 0 Å². The molecule has 3 atom stereocenters. The van der Waals surface area contributed by atoms with Crippen LogP contribution in [0.2, 0.25) is 0 Å². The molecular formula is C14H28N2O. The lowest BCUT2D eigenvalue weighted by Gasteiger charge is -2.29. The first kappa shape index (κ1) is 13.3. The van der Waals surface area contributed by atoms with Gasteiger partial charge in [0.1, 0.15) is 0 Å². The summed E-state index contributed by atoms with van der Waals surface area (Å²) in [5.74, 6) is 1.57. The highest BCUT2D eigenvalue weighted by atomic mass is 16.5. The molecule has 0 radical (unpaired) electrons. The Bertz CT molecular complexity index is 216. The van der Waals surface area contributed by atoms with Gasteiger partial charge >= 0.3 is 0 Å². The van der Waals surface area contributed by atoms with Crippen LogP contribution in [-0.4, -0.2) is 50.3 Å². The Labute approximate surface area is 106 Å². The zero-order valence-corrected chi connectivity index (χ0v) is 11.5. The average Bonchev–Trinajstić information content (AvgIpc) is 2.73. The molecule has 2 saturated heterocycles. The van der Waals surface area contributed by atoms with Crippen molar-refractivity contribution in [2.45, 2.75) is 39.2 Å². The highest BCUT2D eigenvalue weighted by molar-refractivity contribution is 4.81. The summed E-state index contributed by atoms with van der Waals surface area (Å²) in [4.78, 5) is 2.66. The van der Waals surface area contributed by atoms with Crippen molar-refractivity contribution in [2.24, 2.45) is 11.8 Å². The van der Waals surface area contributed by atoms with Crippen LogP contribution in [0.1, 0.15) is 33.1 Å². The van der Waals surface area contributed by atoms with E-state index in [1.165, 1.54) is 45.4 Å². The molecule has 0 aromatic carbocycles. The second-order valence-electron chi connectivity index (χ2n) is 5.79. The van der Waals surface area contributed by atoms with Crippen LogP contribution >= 0.6 is 0 Å². The van der Waals surface area contributed by atoms with E-state index in [9.17, 15) is 0 Å². The Morgan fingerprint density at radius 3 is 3.06 bits per heavy atom. The molecule has 2 aliphatic rings. The van der Waals surface area contributed by atoms with Crippen LogP contribution < -0.4 is 5.32 Å². The number of ether oxygens (including phenoxy) is 1. The van der Waals surface area contributed by atoms with Crippen LogP contribution in [0.3, 0.4) is 0 Å². The van der Waals surface area contributed by atoms with Gasteiger partial charge in [-0.25, -0.2) is 0 Å². The lowest BCUT2D eigenvalue weighted by molar-refractivity contribution is 0.162. The smallest absolute Gasteiger partial charge is 0.0507 e. The molecule has 0 bridgehead atoms. The van der Waals surface area contributed by atoms with E-state index in [0.29, 0.717) is 6.04 Å². The first-order chi connectivity index (χ1) is 8.29. The third-order valence-electron chi connectivity index (χ3n) is 4.38. The minimum atomic E-state index is 0.685. The van der Waals surface area contributed by atoms with Gasteiger partial charge in [-0.2, -0.15) is 0 Å². The van der Waals surface area contributed by atoms with Gasteiger partial charge in [-0.3, -0.25) is 0 Å². The standard InChI is InChI=1S/C14H28N2O/c1-3-12(2)14-10-16(7-4-6-15-14)9-13-5-8-17-11-13/h12-15H,3-11H2,1-2H3. The summed E-state index contributed by atoms with van der Waals surface area (Å²) in [5, 5.41) is 3.71. The molecule has 0 aromatic rings. The van der Waals surface area contributed by atoms with E-state index >= 15 is 0 Å². The third kappa shape index (κ3) is 3.94. The van der Waals surface area contributed by atoms with E-state index in [0.717, 1.165) is 25.0 Å². The molecule has 2 rings (SSSR count). The molecule has 0 spiro atoms. The summed E-state index contributed by atoms with van der Waals surface area (Å²) in [6.07, 6.45) is 3.83. The Kier molecular flexibility index (Phi) is 5.26. The summed E-state index contributed by atoms with van der Waals surface area (Å²) in [6, 6.07) is 0.685. The predicted molar refractivity (Wildman–Crippen MR) is 71.2 cm³/mol. The molecule has 3 nitrogen and oxygen atoms in total. The molecule has 100 valence electrons. The van der Waals surface area contributed by atoms with Gasteiger partial charge in [0, 0.05) is 25.7 Å². The molecule has 0 aromatic heterocycles. The van der Waals surface area contributed by atoms with Crippen LogP contribution in [0, 0.1) is 11.8 Å².